The summed E-state index contributed by atoms with van der Waals surface area (Å²) >= 11 is 0. The summed E-state index contributed by atoms with van der Waals surface area (Å²) in [5.41, 5.74) is 2.77. The largest absolute Gasteiger partial charge is 0.387 e. The van der Waals surface area contributed by atoms with Crippen LogP contribution in [0.5, 0.6) is 0 Å². The average molecular weight is 176 g/mol. The fourth-order valence-corrected chi connectivity index (χ4v) is 1.94. The Labute approximate surface area is 79.6 Å². The first-order chi connectivity index (χ1) is 6.33. The molecule has 2 aliphatic heterocycles. The number of allylic oxidation sites excluding steroid dienone is 1. The maximum Gasteiger partial charge on any atom is 0.0470 e. The number of rotatable bonds is 1. The lowest BCUT2D eigenvalue weighted by atomic mass is 10.0. The molecular weight excluding hydrogens is 160 g/mol. The molecule has 0 bridgehead atoms. The zero-order valence-electron chi connectivity index (χ0n) is 8.25. The summed E-state index contributed by atoms with van der Waals surface area (Å²) in [6.07, 6.45) is 9.90. The van der Waals surface area contributed by atoms with Gasteiger partial charge >= 0.3 is 0 Å². The molecule has 2 nitrogen and oxygen atoms in total. The first kappa shape index (κ1) is 8.42. The summed E-state index contributed by atoms with van der Waals surface area (Å²) in [5.74, 6) is 0. The number of hydrogen-bond acceptors (Lipinski definition) is 2. The van der Waals surface area contributed by atoms with E-state index in [9.17, 15) is 0 Å². The third kappa shape index (κ3) is 1.37. The molecule has 0 aliphatic carbocycles. The van der Waals surface area contributed by atoms with E-state index >= 15 is 0 Å². The summed E-state index contributed by atoms with van der Waals surface area (Å²) in [7, 11) is 2.17. The minimum atomic E-state index is 0.571. The van der Waals surface area contributed by atoms with E-state index in [0.717, 1.165) is 6.54 Å². The molecule has 0 spiro atoms. The van der Waals surface area contributed by atoms with E-state index in [-0.39, 0.29) is 0 Å². The maximum atomic E-state index is 3.22. The third-order valence-corrected chi connectivity index (χ3v) is 2.80. The standard InChI is InChI=1S/C11H16N2/c1-3-10-5-4-9-8-12-7-6-11(9)13(10)2/h4-7,10,12H,3,8H2,1-2H3. The molecular formula is C11H16N2. The first-order valence-electron chi connectivity index (χ1n) is 4.87. The SMILES string of the molecule is CCC1C=CC2=C(C=CNC2)N1C. The topological polar surface area (TPSA) is 15.3 Å². The monoisotopic (exact) mass is 176 g/mol. The second kappa shape index (κ2) is 3.29. The smallest absolute Gasteiger partial charge is 0.0470 e. The van der Waals surface area contributed by atoms with Crippen molar-refractivity contribution in [3.63, 3.8) is 0 Å². The van der Waals surface area contributed by atoms with Gasteiger partial charge in [0.15, 0.2) is 0 Å². The van der Waals surface area contributed by atoms with Crippen LogP contribution in [0.3, 0.4) is 0 Å². The first-order valence-corrected chi connectivity index (χ1v) is 4.87. The van der Waals surface area contributed by atoms with Crippen LogP contribution in [-0.4, -0.2) is 24.5 Å². The predicted molar refractivity (Wildman–Crippen MR) is 55.2 cm³/mol. The fraction of sp³-hybridized carbons (Fsp3) is 0.455. The Balaban J connectivity index is 2.28. The van der Waals surface area contributed by atoms with Gasteiger partial charge in [0, 0.05) is 25.3 Å². The highest BCUT2D eigenvalue weighted by atomic mass is 15.1. The van der Waals surface area contributed by atoms with Gasteiger partial charge < -0.3 is 10.2 Å². The second-order valence-electron chi connectivity index (χ2n) is 3.57. The third-order valence-electron chi connectivity index (χ3n) is 2.80. The van der Waals surface area contributed by atoms with Gasteiger partial charge in [-0.15, -0.1) is 0 Å². The van der Waals surface area contributed by atoms with Gasteiger partial charge in [0.05, 0.1) is 0 Å². The molecule has 0 aromatic carbocycles. The number of dihydropyridines is 1. The van der Waals surface area contributed by atoms with Crippen LogP contribution < -0.4 is 5.32 Å². The van der Waals surface area contributed by atoms with Gasteiger partial charge in [-0.3, -0.25) is 0 Å². The number of nitrogens with zero attached hydrogens (tertiary/aromatic N) is 1. The van der Waals surface area contributed by atoms with Gasteiger partial charge in [-0.1, -0.05) is 19.1 Å². The molecule has 1 atom stereocenters. The highest BCUT2D eigenvalue weighted by Crippen LogP contribution is 2.23. The molecule has 0 amide bonds. The molecule has 0 aromatic rings. The van der Waals surface area contributed by atoms with Crippen LogP contribution in [0.25, 0.3) is 0 Å². The van der Waals surface area contributed by atoms with E-state index < -0.39 is 0 Å². The van der Waals surface area contributed by atoms with Crippen molar-refractivity contribution in [2.75, 3.05) is 13.6 Å². The highest BCUT2D eigenvalue weighted by Gasteiger charge is 2.19. The number of hydrogen-bond donors (Lipinski definition) is 1. The van der Waals surface area contributed by atoms with E-state index in [1.807, 2.05) is 6.20 Å². The van der Waals surface area contributed by atoms with Crippen molar-refractivity contribution in [2.24, 2.45) is 0 Å². The van der Waals surface area contributed by atoms with Crippen LogP contribution in [0, 0.1) is 0 Å². The Morgan fingerprint density at radius 3 is 3.15 bits per heavy atom. The molecule has 1 N–H and O–H groups in total. The Morgan fingerprint density at radius 2 is 2.38 bits per heavy atom. The van der Waals surface area contributed by atoms with Crippen LogP contribution in [0.15, 0.2) is 35.7 Å². The Bertz CT molecular complexity index is 286. The van der Waals surface area contributed by atoms with Crippen molar-refractivity contribution < 1.29 is 0 Å². The van der Waals surface area contributed by atoms with E-state index in [1.165, 1.54) is 17.7 Å². The molecule has 0 fully saturated rings. The van der Waals surface area contributed by atoms with Crippen LogP contribution in [0.2, 0.25) is 0 Å². The van der Waals surface area contributed by atoms with Crippen LogP contribution >= 0.6 is 0 Å². The van der Waals surface area contributed by atoms with Gasteiger partial charge in [-0.2, -0.15) is 0 Å². The lowest BCUT2D eigenvalue weighted by Gasteiger charge is -2.34. The van der Waals surface area contributed by atoms with Crippen molar-refractivity contribution in [2.45, 2.75) is 19.4 Å². The number of likely N-dealkylation sites (N-methyl/N-ethyl adjacent to an activating group) is 1. The molecule has 13 heavy (non-hydrogen) atoms. The second-order valence-corrected chi connectivity index (χ2v) is 3.57. The Hall–Kier alpha value is -1.18. The van der Waals surface area contributed by atoms with E-state index in [1.54, 1.807) is 0 Å². The van der Waals surface area contributed by atoms with E-state index in [4.69, 9.17) is 0 Å². The summed E-state index contributed by atoms with van der Waals surface area (Å²) in [4.78, 5) is 2.35. The molecule has 2 heterocycles. The minimum absolute atomic E-state index is 0.571. The van der Waals surface area contributed by atoms with Crippen molar-refractivity contribution in [3.05, 3.63) is 35.7 Å². The van der Waals surface area contributed by atoms with Gasteiger partial charge in [0.1, 0.15) is 0 Å². The normalized spacial score (nSPS) is 26.0. The van der Waals surface area contributed by atoms with Gasteiger partial charge in [0.2, 0.25) is 0 Å². The van der Waals surface area contributed by atoms with Crippen molar-refractivity contribution in [1.82, 2.24) is 10.2 Å². The number of nitrogens with one attached hydrogen (secondary N) is 1. The minimum Gasteiger partial charge on any atom is -0.387 e. The molecule has 2 rings (SSSR count). The van der Waals surface area contributed by atoms with Gasteiger partial charge in [-0.25, -0.2) is 0 Å². The quantitative estimate of drug-likeness (QED) is 0.653. The average Bonchev–Trinajstić information content (AvgIpc) is 2.19. The van der Waals surface area contributed by atoms with E-state index in [2.05, 4.69) is 42.4 Å². The molecule has 0 radical (unpaired) electrons. The zero-order chi connectivity index (χ0) is 9.26. The van der Waals surface area contributed by atoms with Crippen molar-refractivity contribution in [1.29, 1.82) is 0 Å². The fourth-order valence-electron chi connectivity index (χ4n) is 1.94. The Morgan fingerprint density at radius 1 is 1.54 bits per heavy atom. The predicted octanol–water partition coefficient (Wildman–Crippen LogP) is 1.64. The molecule has 2 aliphatic rings. The lowest BCUT2D eigenvalue weighted by molar-refractivity contribution is 0.344. The summed E-state index contributed by atoms with van der Waals surface area (Å²) in [6.45, 7) is 3.19. The van der Waals surface area contributed by atoms with Gasteiger partial charge in [0.25, 0.3) is 0 Å². The van der Waals surface area contributed by atoms with Crippen LogP contribution in [0.1, 0.15) is 13.3 Å². The summed E-state index contributed by atoms with van der Waals surface area (Å²) < 4.78 is 0. The van der Waals surface area contributed by atoms with E-state index in [0.29, 0.717) is 6.04 Å². The molecule has 0 aromatic heterocycles. The van der Waals surface area contributed by atoms with Crippen LogP contribution in [0.4, 0.5) is 0 Å². The highest BCUT2D eigenvalue weighted by molar-refractivity contribution is 5.40. The molecule has 2 heteroatoms. The van der Waals surface area contributed by atoms with Gasteiger partial charge in [-0.05, 0) is 24.3 Å². The molecule has 0 saturated carbocycles. The molecule has 1 unspecified atom stereocenters. The maximum absolute atomic E-state index is 3.22. The van der Waals surface area contributed by atoms with Crippen molar-refractivity contribution in [3.8, 4) is 0 Å². The zero-order valence-corrected chi connectivity index (χ0v) is 8.25. The summed E-state index contributed by atoms with van der Waals surface area (Å²) in [5, 5.41) is 3.22. The Kier molecular flexibility index (Phi) is 2.13. The van der Waals surface area contributed by atoms with Crippen LogP contribution in [-0.2, 0) is 0 Å². The lowest BCUT2D eigenvalue weighted by Crippen LogP contribution is -2.34. The van der Waals surface area contributed by atoms with Crippen molar-refractivity contribution >= 4 is 0 Å². The molecule has 0 saturated heterocycles. The molecule has 70 valence electrons. The summed E-state index contributed by atoms with van der Waals surface area (Å²) in [6, 6.07) is 0.571.